The highest BCUT2D eigenvalue weighted by Gasteiger charge is 2.24. The van der Waals surface area contributed by atoms with Crippen molar-refractivity contribution in [1.29, 1.82) is 0 Å². The van der Waals surface area contributed by atoms with E-state index in [4.69, 9.17) is 5.73 Å². The van der Waals surface area contributed by atoms with E-state index in [1.54, 1.807) is 0 Å². The second-order valence-corrected chi connectivity index (χ2v) is 5.73. The van der Waals surface area contributed by atoms with Gasteiger partial charge in [-0.2, -0.15) is 0 Å². The molecule has 0 saturated heterocycles. The van der Waals surface area contributed by atoms with Crippen molar-refractivity contribution in [3.8, 4) is 0 Å². The van der Waals surface area contributed by atoms with Gasteiger partial charge in [0, 0.05) is 18.2 Å². The minimum Gasteiger partial charge on any atom is -0.327 e. The van der Waals surface area contributed by atoms with Crippen LogP contribution < -0.4 is 11.1 Å². The Labute approximate surface area is 115 Å². The molecule has 2 rings (SSSR count). The van der Waals surface area contributed by atoms with Gasteiger partial charge in [-0.25, -0.2) is 0 Å². The van der Waals surface area contributed by atoms with E-state index in [1.165, 1.54) is 12.8 Å². The average Bonchev–Trinajstić information content (AvgIpc) is 2.37. The zero-order chi connectivity index (χ0) is 13.8. The Hall–Kier alpha value is -1.35. The summed E-state index contributed by atoms with van der Waals surface area (Å²) in [6.45, 7) is 4.05. The summed E-state index contributed by atoms with van der Waals surface area (Å²) in [5.74, 6) is 0.442. The van der Waals surface area contributed by atoms with Crippen LogP contribution in [-0.4, -0.2) is 11.9 Å². The molecule has 0 radical (unpaired) electrons. The quantitative estimate of drug-likeness (QED) is 0.877. The predicted molar refractivity (Wildman–Crippen MR) is 79.1 cm³/mol. The lowest BCUT2D eigenvalue weighted by Crippen LogP contribution is -2.35. The maximum atomic E-state index is 12.2. The molecule has 3 heteroatoms. The third-order valence-electron chi connectivity index (χ3n) is 4.16. The minimum atomic E-state index is 0.0970. The molecule has 1 aliphatic rings. The Bertz CT molecular complexity index is 436. The Balaban J connectivity index is 1.97. The molecule has 1 aromatic carbocycles. The standard InChI is InChI=1S/C16H24N2O/c1-11-6-5-7-12(2)16(11)18-15(19)10-13-8-3-4-9-14(13)17/h5-7,13-14H,3-4,8-10,17H2,1-2H3,(H,18,19). The van der Waals surface area contributed by atoms with Crippen LogP contribution in [0, 0.1) is 19.8 Å². The zero-order valence-electron chi connectivity index (χ0n) is 11.9. The lowest BCUT2D eigenvalue weighted by atomic mass is 9.83. The Kier molecular flexibility index (Phi) is 4.59. The fraction of sp³-hybridized carbons (Fsp3) is 0.562. The predicted octanol–water partition coefficient (Wildman–Crippen LogP) is 3.15. The summed E-state index contributed by atoms with van der Waals surface area (Å²) in [5, 5.41) is 3.05. The number of amides is 1. The van der Waals surface area contributed by atoms with E-state index in [0.29, 0.717) is 12.3 Å². The molecule has 0 heterocycles. The maximum Gasteiger partial charge on any atom is 0.224 e. The van der Waals surface area contributed by atoms with E-state index < -0.39 is 0 Å². The van der Waals surface area contributed by atoms with Gasteiger partial charge in [0.25, 0.3) is 0 Å². The van der Waals surface area contributed by atoms with Gasteiger partial charge < -0.3 is 11.1 Å². The van der Waals surface area contributed by atoms with Gasteiger partial charge in [-0.3, -0.25) is 4.79 Å². The van der Waals surface area contributed by atoms with Crippen LogP contribution >= 0.6 is 0 Å². The van der Waals surface area contributed by atoms with Crippen LogP contribution in [0.3, 0.4) is 0 Å². The molecule has 3 N–H and O–H groups in total. The van der Waals surface area contributed by atoms with Gasteiger partial charge in [-0.05, 0) is 43.7 Å². The summed E-state index contributed by atoms with van der Waals surface area (Å²) in [6.07, 6.45) is 5.10. The second-order valence-electron chi connectivity index (χ2n) is 5.73. The van der Waals surface area contributed by atoms with Gasteiger partial charge in [-0.15, -0.1) is 0 Å². The molecular weight excluding hydrogens is 236 g/mol. The van der Waals surface area contributed by atoms with Crippen LogP contribution in [0.2, 0.25) is 0 Å². The highest BCUT2D eigenvalue weighted by Crippen LogP contribution is 2.27. The fourth-order valence-corrected chi connectivity index (χ4v) is 2.93. The molecule has 0 spiro atoms. The van der Waals surface area contributed by atoms with Gasteiger partial charge in [0.15, 0.2) is 0 Å². The van der Waals surface area contributed by atoms with Gasteiger partial charge in [0.1, 0.15) is 0 Å². The van der Waals surface area contributed by atoms with Crippen molar-refractivity contribution in [2.24, 2.45) is 11.7 Å². The van der Waals surface area contributed by atoms with Gasteiger partial charge in [0.2, 0.25) is 5.91 Å². The first-order valence-corrected chi connectivity index (χ1v) is 7.19. The van der Waals surface area contributed by atoms with Crippen molar-refractivity contribution in [3.05, 3.63) is 29.3 Å². The molecule has 1 amide bonds. The number of para-hydroxylation sites is 1. The number of rotatable bonds is 3. The fourth-order valence-electron chi connectivity index (χ4n) is 2.93. The van der Waals surface area contributed by atoms with Crippen LogP contribution in [0.15, 0.2) is 18.2 Å². The van der Waals surface area contributed by atoms with Crippen molar-refractivity contribution < 1.29 is 4.79 Å². The van der Waals surface area contributed by atoms with E-state index in [1.807, 2.05) is 32.0 Å². The van der Waals surface area contributed by atoms with E-state index >= 15 is 0 Å². The number of aryl methyl sites for hydroxylation is 2. The Morgan fingerprint density at radius 1 is 1.26 bits per heavy atom. The molecule has 19 heavy (non-hydrogen) atoms. The smallest absolute Gasteiger partial charge is 0.224 e. The average molecular weight is 260 g/mol. The topological polar surface area (TPSA) is 55.1 Å². The number of carbonyl (C=O) groups is 1. The summed E-state index contributed by atoms with van der Waals surface area (Å²) < 4.78 is 0. The summed E-state index contributed by atoms with van der Waals surface area (Å²) in [6, 6.07) is 6.25. The molecule has 1 fully saturated rings. The number of benzene rings is 1. The second kappa shape index (κ2) is 6.20. The first-order valence-electron chi connectivity index (χ1n) is 7.19. The van der Waals surface area contributed by atoms with Gasteiger partial charge >= 0.3 is 0 Å². The highest BCUT2D eigenvalue weighted by molar-refractivity contribution is 5.92. The van der Waals surface area contributed by atoms with Crippen molar-refractivity contribution in [1.82, 2.24) is 0 Å². The van der Waals surface area contributed by atoms with Gasteiger partial charge in [-0.1, -0.05) is 31.0 Å². The van der Waals surface area contributed by atoms with Crippen LogP contribution in [0.1, 0.15) is 43.2 Å². The zero-order valence-corrected chi connectivity index (χ0v) is 11.9. The molecule has 104 valence electrons. The molecule has 1 aromatic rings. The lowest BCUT2D eigenvalue weighted by molar-refractivity contribution is -0.117. The van der Waals surface area contributed by atoms with Crippen molar-refractivity contribution in [2.75, 3.05) is 5.32 Å². The minimum absolute atomic E-state index is 0.0970. The van der Waals surface area contributed by atoms with E-state index in [-0.39, 0.29) is 11.9 Å². The number of anilines is 1. The van der Waals surface area contributed by atoms with Crippen molar-refractivity contribution >= 4 is 11.6 Å². The normalized spacial score (nSPS) is 23.1. The summed E-state index contributed by atoms with van der Waals surface area (Å²) in [4.78, 5) is 12.2. The Morgan fingerprint density at radius 2 is 1.89 bits per heavy atom. The molecule has 3 nitrogen and oxygen atoms in total. The summed E-state index contributed by atoms with van der Waals surface area (Å²) in [7, 11) is 0. The Morgan fingerprint density at radius 3 is 2.53 bits per heavy atom. The molecule has 0 bridgehead atoms. The third kappa shape index (κ3) is 3.57. The van der Waals surface area contributed by atoms with Crippen molar-refractivity contribution in [3.63, 3.8) is 0 Å². The van der Waals surface area contributed by atoms with Gasteiger partial charge in [0.05, 0.1) is 0 Å². The number of hydrogen-bond acceptors (Lipinski definition) is 2. The van der Waals surface area contributed by atoms with Crippen molar-refractivity contribution in [2.45, 2.75) is 52.0 Å². The molecule has 2 atom stereocenters. The molecular formula is C16H24N2O. The maximum absolute atomic E-state index is 12.2. The highest BCUT2D eigenvalue weighted by atomic mass is 16.1. The van der Waals surface area contributed by atoms with E-state index in [9.17, 15) is 4.79 Å². The monoisotopic (exact) mass is 260 g/mol. The van der Waals surface area contributed by atoms with E-state index in [2.05, 4.69) is 5.32 Å². The van der Waals surface area contributed by atoms with Crippen LogP contribution in [-0.2, 0) is 4.79 Å². The molecule has 1 saturated carbocycles. The van der Waals surface area contributed by atoms with E-state index in [0.717, 1.165) is 29.7 Å². The van der Waals surface area contributed by atoms with Crippen LogP contribution in [0.5, 0.6) is 0 Å². The molecule has 0 aliphatic heterocycles. The largest absolute Gasteiger partial charge is 0.327 e. The first-order chi connectivity index (χ1) is 9.08. The SMILES string of the molecule is Cc1cccc(C)c1NC(=O)CC1CCCCC1N. The number of hydrogen-bond donors (Lipinski definition) is 2. The molecule has 0 aromatic heterocycles. The summed E-state index contributed by atoms with van der Waals surface area (Å²) >= 11 is 0. The number of nitrogens with two attached hydrogens (primary N) is 1. The third-order valence-corrected chi connectivity index (χ3v) is 4.16. The number of carbonyl (C=O) groups excluding carboxylic acids is 1. The summed E-state index contributed by atoms with van der Waals surface area (Å²) in [5.41, 5.74) is 9.28. The molecule has 1 aliphatic carbocycles. The lowest BCUT2D eigenvalue weighted by Gasteiger charge is -2.28. The van der Waals surface area contributed by atoms with Crippen LogP contribution in [0.4, 0.5) is 5.69 Å². The first kappa shape index (κ1) is 14.1. The molecule has 2 unspecified atom stereocenters. The number of nitrogens with one attached hydrogen (secondary N) is 1. The van der Waals surface area contributed by atoms with Crippen LogP contribution in [0.25, 0.3) is 0 Å².